The number of nitrogens with zero attached hydrogens (tertiary/aromatic N) is 2. The molecule has 5 heterocycles. The van der Waals surface area contributed by atoms with Gasteiger partial charge in [0.2, 0.25) is 0 Å². The first-order valence-electron chi connectivity index (χ1n) is 27.3. The Morgan fingerprint density at radius 3 is 0.798 bits per heavy atom. The average Bonchev–Trinajstić information content (AvgIpc) is 0.804. The Morgan fingerprint density at radius 1 is 0.255 bits per heavy atom. The monoisotopic (exact) mass is 1350 g/mol. The Bertz CT molecular complexity index is 4620. The van der Waals surface area contributed by atoms with E-state index in [0.29, 0.717) is 0 Å². The van der Waals surface area contributed by atoms with E-state index in [1.54, 1.807) is 0 Å². The Hall–Kier alpha value is -10.5. The molecule has 0 saturated heterocycles. The van der Waals surface area contributed by atoms with Crippen molar-refractivity contribution in [3.63, 3.8) is 0 Å². The Morgan fingerprint density at radius 2 is 0.500 bits per heavy atom. The van der Waals surface area contributed by atoms with Crippen LogP contribution < -0.4 is 44.2 Å². The average molecular weight is 1350 g/mol. The number of hydrogen-bond acceptors (Lipinski definition) is 2. The topological polar surface area (TPSA) is 57.4 Å². The van der Waals surface area contributed by atoms with E-state index >= 15 is 35.1 Å². The van der Waals surface area contributed by atoms with Crippen LogP contribution >= 0.6 is 0 Å². The van der Waals surface area contributed by atoms with Crippen LogP contribution in [0.25, 0.3) is 46.4 Å². The zero-order chi connectivity index (χ0) is 67.1. The molecule has 8 bridgehead atoms. The van der Waals surface area contributed by atoms with Gasteiger partial charge < -0.3 is 0 Å². The standard InChI is InChI=1S/C24BF20.C20H13N4.4C6H5.Mn/c26-5-1(6(27)14(35)21(42)13(5)34)25(2-7(28)15(36)22(43)16(37)8(2)29,3-9(30)17(38)23(44)18(39)10(3)31)4-11(32)19(40)24(45)20(41)12(4)33;1-2-14-10-16-5-6-18(23-16)12-20-8-7-19(24-20)11-17-4-3-15(22-17)9-13(1)21-14;4*1-2-4-6-5-3-1;/h;1-11,21,24H;4*1-5H;/q-1;;;;;;-3. The molecule has 4 nitrogen and oxygen atoms in total. The summed E-state index contributed by atoms with van der Waals surface area (Å²) in [5.74, 6) is -71.4. The van der Waals surface area contributed by atoms with Gasteiger partial charge in [0, 0.05) is 0 Å². The van der Waals surface area contributed by atoms with Crippen molar-refractivity contribution >= 4 is 96.7 Å². The van der Waals surface area contributed by atoms with Crippen molar-refractivity contribution in [2.24, 2.45) is 0 Å². The maximum Gasteiger partial charge on any atom is 0.200 e. The van der Waals surface area contributed by atoms with Gasteiger partial charge in [-0.3, -0.25) is 0 Å². The van der Waals surface area contributed by atoms with Gasteiger partial charge >= 0.3 is 287 Å². The molecule has 0 radical (unpaired) electrons. The van der Waals surface area contributed by atoms with Crippen molar-refractivity contribution in [2.75, 3.05) is 0 Å². The SMILES string of the molecule is C1=Cc2cc3ccc([nH]3)[c]([Mn-3]([c]3ccccc3)([c]3ccccc3)([c]3ccccc3)[c]3ccccc3)c3nc(cc4ccc(cc1n2)[nH]4)C=C3.Fc1c(F)c(F)c([B-](c2c(F)c(F)c(F)c(F)c2F)(c2c(F)c(F)c(F)c(F)c2F)c2c(F)c(F)c(F)c(F)c2F)c(F)c1F. The summed E-state index contributed by atoms with van der Waals surface area (Å²) in [6.07, 6.45) is 1.25. The van der Waals surface area contributed by atoms with E-state index in [0.717, 1.165) is 44.8 Å². The van der Waals surface area contributed by atoms with Crippen LogP contribution in [-0.4, -0.2) is 26.1 Å². The first-order valence-corrected chi connectivity index (χ1v) is 30.2. The molecule has 11 aromatic rings. The second-order valence-corrected chi connectivity index (χ2v) is 27.2. The molecule has 2 aliphatic heterocycles. The predicted octanol–water partition coefficient (Wildman–Crippen LogP) is 13.1. The van der Waals surface area contributed by atoms with Crippen molar-refractivity contribution < 1.29 is 99.6 Å². The first kappa shape index (κ1) is 63.7. The van der Waals surface area contributed by atoms with Crippen LogP contribution in [0.4, 0.5) is 87.8 Å². The van der Waals surface area contributed by atoms with Crippen LogP contribution in [0.1, 0.15) is 22.8 Å². The number of fused-ring (bicyclic) bond motifs is 8. The Kier molecular flexibility index (Phi) is 16.2. The smallest absolute Gasteiger partial charge is 0.200 e. The molecule has 13 rings (SSSR count). The van der Waals surface area contributed by atoms with Gasteiger partial charge in [0.15, 0.2) is 69.8 Å². The summed E-state index contributed by atoms with van der Waals surface area (Å²) in [6, 6.07) is 59.4. The number of aromatic nitrogens is 4. The molecule has 8 aromatic carbocycles. The van der Waals surface area contributed by atoms with E-state index in [1.165, 1.54) is 22.3 Å². The van der Waals surface area contributed by atoms with E-state index in [4.69, 9.17) is 9.97 Å². The third-order valence-electron chi connectivity index (χ3n) is 15.9. The summed E-state index contributed by atoms with van der Waals surface area (Å²) in [5, 5.41) is 0. The quantitative estimate of drug-likeness (QED) is 0.0655. The van der Waals surface area contributed by atoms with Crippen LogP contribution in [0.3, 0.4) is 0 Å². The normalized spacial score (nSPS) is 12.6. The third-order valence-corrected chi connectivity index (χ3v) is 24.7. The summed E-state index contributed by atoms with van der Waals surface area (Å²) in [7, 11) is 0. The van der Waals surface area contributed by atoms with Crippen LogP contribution in [0, 0.1) is 116 Å². The zero-order valence-corrected chi connectivity index (χ0v) is 48.0. The Labute approximate surface area is 517 Å². The van der Waals surface area contributed by atoms with E-state index in [9.17, 15) is 52.7 Å². The fourth-order valence-corrected chi connectivity index (χ4v) is 21.5. The summed E-state index contributed by atoms with van der Waals surface area (Å²) >= 11 is -4.32. The van der Waals surface area contributed by atoms with Crippen molar-refractivity contribution in [1.82, 2.24) is 19.9 Å². The van der Waals surface area contributed by atoms with E-state index in [1.807, 2.05) is 0 Å². The minimum atomic E-state index is -7.22. The maximum atomic E-state index is 15.4. The largest absolute Gasteiger partial charge is 0.207 e. The number of halogens is 20. The summed E-state index contributed by atoms with van der Waals surface area (Å²) in [6.45, 7) is 0. The summed E-state index contributed by atoms with van der Waals surface area (Å²) in [4.78, 5) is 17.8. The number of rotatable bonds is 9. The van der Waals surface area contributed by atoms with Crippen LogP contribution in [-0.2, 0) is 11.8 Å². The minimum Gasteiger partial charge on any atom is -0.207 e. The predicted molar refractivity (Wildman–Crippen MR) is 312 cm³/mol. The third kappa shape index (κ3) is 9.38. The molecule has 94 heavy (non-hydrogen) atoms. The zero-order valence-electron chi connectivity index (χ0n) is 46.8. The van der Waals surface area contributed by atoms with Gasteiger partial charge in [0.1, 0.15) is 52.7 Å². The maximum absolute atomic E-state index is 15.4. The van der Waals surface area contributed by atoms with Gasteiger partial charge in [-0.1, -0.05) is 0 Å². The van der Waals surface area contributed by atoms with Gasteiger partial charge in [-0.05, 0) is 0 Å². The molecule has 2 N–H and O–H groups in total. The van der Waals surface area contributed by atoms with Gasteiger partial charge in [-0.25, -0.2) is 87.8 Å². The van der Waals surface area contributed by atoms with E-state index < -0.39 is 156 Å². The Balaban J connectivity index is 0.000000181. The van der Waals surface area contributed by atoms with Gasteiger partial charge in [-0.15, -0.1) is 21.9 Å². The fourth-order valence-electron chi connectivity index (χ4n) is 12.1. The van der Waals surface area contributed by atoms with Gasteiger partial charge in [0.05, 0.1) is 0 Å². The molecule has 0 spiro atoms. The number of benzene rings is 8. The second-order valence-electron chi connectivity index (χ2n) is 20.9. The van der Waals surface area contributed by atoms with E-state index in [2.05, 4.69) is 198 Å². The van der Waals surface area contributed by atoms with Gasteiger partial charge in [0.25, 0.3) is 0 Å². The molecular weight excluding hydrogens is 1320 g/mol. The van der Waals surface area contributed by atoms with Crippen molar-refractivity contribution in [3.8, 4) is 0 Å². The molecule has 0 unspecified atom stereocenters. The number of nitrogens with one attached hydrogen (secondary N) is 2. The van der Waals surface area contributed by atoms with Crippen molar-refractivity contribution in [3.05, 3.63) is 303 Å². The first-order chi connectivity index (χ1) is 44.9. The van der Waals surface area contributed by atoms with E-state index in [-0.39, 0.29) is 0 Å². The van der Waals surface area contributed by atoms with Crippen LogP contribution in [0.2, 0.25) is 0 Å². The summed E-state index contributed by atoms with van der Waals surface area (Å²) < 4.78 is 300. The molecule has 2 aliphatic rings. The molecular formula is C68H33BF20MnN4-4. The minimum absolute atomic E-state index is 0.892. The molecule has 26 heteroatoms. The molecule has 479 valence electrons. The second kappa shape index (κ2) is 23.9. The fraction of sp³-hybridized carbons (Fsp3) is 0. The molecule has 0 fully saturated rings. The van der Waals surface area contributed by atoms with Crippen LogP contribution in [0.5, 0.6) is 0 Å². The number of hydrogen-bond donors (Lipinski definition) is 2. The number of H-pyrrole nitrogens is 2. The van der Waals surface area contributed by atoms with Crippen molar-refractivity contribution in [2.45, 2.75) is 0 Å². The number of aromatic amines is 2. The molecule has 0 atom stereocenters. The van der Waals surface area contributed by atoms with Gasteiger partial charge in [-0.2, -0.15) is 0 Å². The molecule has 0 aliphatic carbocycles. The molecule has 3 aromatic heterocycles. The molecule has 0 amide bonds. The van der Waals surface area contributed by atoms with Crippen molar-refractivity contribution in [1.29, 1.82) is 0 Å². The molecule has 0 saturated carbocycles. The summed E-state index contributed by atoms with van der Waals surface area (Å²) in [5.41, 5.74) is -6.70. The van der Waals surface area contributed by atoms with Crippen LogP contribution in [0.15, 0.2) is 164 Å².